The Morgan fingerprint density at radius 3 is 2.86 bits per heavy atom. The fraction of sp³-hybridized carbons (Fsp3) is 0.105. The number of furan rings is 1. The highest BCUT2D eigenvalue weighted by molar-refractivity contribution is 6.08. The van der Waals surface area contributed by atoms with Gasteiger partial charge in [-0.05, 0) is 31.1 Å². The van der Waals surface area contributed by atoms with Gasteiger partial charge in [-0.25, -0.2) is 0 Å². The molecule has 0 N–H and O–H groups in total. The topological polar surface area (TPSA) is 26.0 Å². The summed E-state index contributed by atoms with van der Waals surface area (Å²) in [5.74, 6) is 0. The van der Waals surface area contributed by atoms with E-state index in [0.717, 1.165) is 38.6 Å². The number of hydrogen-bond acceptors (Lipinski definition) is 2. The first-order valence-corrected chi connectivity index (χ1v) is 6.97. The minimum Gasteiger partial charge on any atom is -0.455 e. The van der Waals surface area contributed by atoms with E-state index in [4.69, 9.17) is 4.42 Å². The van der Waals surface area contributed by atoms with Crippen molar-refractivity contribution < 1.29 is 4.42 Å². The van der Waals surface area contributed by atoms with Gasteiger partial charge in [0.05, 0.1) is 0 Å². The van der Waals surface area contributed by atoms with E-state index in [-0.39, 0.29) is 0 Å². The molecule has 104 valence electrons. The van der Waals surface area contributed by atoms with E-state index >= 15 is 0 Å². The lowest BCUT2D eigenvalue weighted by Crippen LogP contribution is -1.86. The van der Waals surface area contributed by atoms with Crippen molar-refractivity contribution in [2.75, 3.05) is 0 Å². The van der Waals surface area contributed by atoms with Crippen molar-refractivity contribution >= 4 is 27.5 Å². The zero-order valence-corrected chi connectivity index (χ0v) is 12.3. The van der Waals surface area contributed by atoms with Crippen molar-refractivity contribution in [1.82, 2.24) is 4.98 Å². The van der Waals surface area contributed by atoms with Crippen molar-refractivity contribution in [3.63, 3.8) is 0 Å². The van der Waals surface area contributed by atoms with Crippen LogP contribution in [0.15, 0.2) is 65.9 Å². The van der Waals surface area contributed by atoms with Crippen LogP contribution in [0.3, 0.4) is 0 Å². The summed E-state index contributed by atoms with van der Waals surface area (Å²) in [6.45, 7) is 8.25. The molecule has 0 amide bonds. The summed E-state index contributed by atoms with van der Waals surface area (Å²) in [5.41, 5.74) is 4.91. The van der Waals surface area contributed by atoms with Crippen LogP contribution in [0.1, 0.15) is 18.1 Å². The highest BCUT2D eigenvalue weighted by Crippen LogP contribution is 2.35. The monoisotopic (exact) mass is 275 g/mol. The predicted molar refractivity (Wildman–Crippen MR) is 89.2 cm³/mol. The summed E-state index contributed by atoms with van der Waals surface area (Å²) in [5, 5.41) is 2.12. The average molecular weight is 275 g/mol. The zero-order valence-electron chi connectivity index (χ0n) is 12.3. The first-order chi connectivity index (χ1) is 10.2. The Labute approximate surface area is 124 Å². The Kier molecular flexibility index (Phi) is 3.44. The van der Waals surface area contributed by atoms with Gasteiger partial charge in [-0.3, -0.25) is 4.98 Å². The first-order valence-electron chi connectivity index (χ1n) is 6.97. The van der Waals surface area contributed by atoms with Crippen LogP contribution in [-0.4, -0.2) is 4.98 Å². The molecule has 0 aliphatic rings. The molecule has 21 heavy (non-hydrogen) atoms. The number of aryl methyl sites for hydroxylation is 1. The Hall–Kier alpha value is -2.61. The summed E-state index contributed by atoms with van der Waals surface area (Å²) in [6.07, 6.45) is 11.6. The van der Waals surface area contributed by atoms with Crippen LogP contribution in [-0.2, 0) is 0 Å². The number of hydrogen-bond donors (Lipinski definition) is 0. The van der Waals surface area contributed by atoms with E-state index in [1.807, 2.05) is 43.5 Å². The van der Waals surface area contributed by atoms with E-state index in [9.17, 15) is 0 Å². The molecule has 0 saturated carbocycles. The molecule has 0 unspecified atom stereocenters. The second-order valence-electron chi connectivity index (χ2n) is 5.02. The third-order valence-electron chi connectivity index (χ3n) is 3.57. The smallest absolute Gasteiger partial charge is 0.143 e. The van der Waals surface area contributed by atoms with Crippen molar-refractivity contribution in [2.24, 2.45) is 0 Å². The van der Waals surface area contributed by atoms with Gasteiger partial charge in [0, 0.05) is 28.7 Å². The van der Waals surface area contributed by atoms with Crippen LogP contribution < -0.4 is 0 Å². The molecule has 1 aromatic carbocycles. The number of aromatic nitrogens is 1. The van der Waals surface area contributed by atoms with Crippen LogP contribution in [0.5, 0.6) is 0 Å². The van der Waals surface area contributed by atoms with Gasteiger partial charge in [0.25, 0.3) is 0 Å². The third-order valence-corrected chi connectivity index (χ3v) is 3.57. The molecule has 3 aromatic rings. The van der Waals surface area contributed by atoms with Gasteiger partial charge in [-0.2, -0.15) is 0 Å². The maximum Gasteiger partial charge on any atom is 0.143 e. The Morgan fingerprint density at radius 2 is 2.05 bits per heavy atom. The number of rotatable bonds is 3. The van der Waals surface area contributed by atoms with Gasteiger partial charge >= 0.3 is 0 Å². The summed E-state index contributed by atoms with van der Waals surface area (Å²) in [4.78, 5) is 4.19. The number of allylic oxidation sites excluding steroid dienone is 5. The Bertz CT molecular complexity index is 881. The molecule has 3 rings (SSSR count). The molecule has 0 spiro atoms. The molecule has 2 nitrogen and oxygen atoms in total. The van der Waals surface area contributed by atoms with Crippen LogP contribution >= 0.6 is 0 Å². The molecule has 0 atom stereocenters. The lowest BCUT2D eigenvalue weighted by Gasteiger charge is -2.06. The lowest BCUT2D eigenvalue weighted by molar-refractivity contribution is 0.667. The molecule has 0 bridgehead atoms. The van der Waals surface area contributed by atoms with E-state index in [2.05, 4.69) is 30.6 Å². The molecule has 2 aromatic heterocycles. The van der Waals surface area contributed by atoms with E-state index in [1.54, 1.807) is 6.20 Å². The minimum atomic E-state index is 0.858. The highest BCUT2D eigenvalue weighted by atomic mass is 16.3. The van der Waals surface area contributed by atoms with Crippen LogP contribution in [0.25, 0.3) is 27.5 Å². The summed E-state index contributed by atoms with van der Waals surface area (Å²) < 4.78 is 6.04. The zero-order chi connectivity index (χ0) is 14.8. The second kappa shape index (κ2) is 5.41. The van der Waals surface area contributed by atoms with Crippen molar-refractivity contribution in [1.29, 1.82) is 0 Å². The lowest BCUT2D eigenvalue weighted by atomic mass is 9.98. The number of nitrogens with zero attached hydrogens (tertiary/aromatic N) is 1. The molecule has 0 radical (unpaired) electrons. The van der Waals surface area contributed by atoms with Crippen LogP contribution in [0.2, 0.25) is 0 Å². The Morgan fingerprint density at radius 1 is 1.19 bits per heavy atom. The molecule has 0 aliphatic heterocycles. The van der Waals surface area contributed by atoms with Gasteiger partial charge < -0.3 is 4.42 Å². The highest BCUT2D eigenvalue weighted by Gasteiger charge is 2.13. The summed E-state index contributed by atoms with van der Waals surface area (Å²) in [7, 11) is 0. The molecule has 2 heterocycles. The standard InChI is InChI=1S/C19H17NO/c1-4-5-6-7-13(2)18-14(3)8-9-15-16-12-20-11-10-17(16)21-19(15)18/h4-12H,2H2,1,3H3/b5-4-,7-6-. The SMILES string of the molecule is C=C(/C=C\C=C/C)c1c(C)ccc2c1oc1ccncc12. The molecular weight excluding hydrogens is 258 g/mol. The van der Waals surface area contributed by atoms with Crippen molar-refractivity contribution in [3.8, 4) is 0 Å². The number of pyridine rings is 1. The fourth-order valence-corrected chi connectivity index (χ4v) is 2.55. The van der Waals surface area contributed by atoms with Gasteiger partial charge in [-0.1, -0.05) is 43.0 Å². The summed E-state index contributed by atoms with van der Waals surface area (Å²) in [6, 6.07) is 6.09. The Balaban J connectivity index is 2.26. The largest absolute Gasteiger partial charge is 0.455 e. The number of benzene rings is 1. The van der Waals surface area contributed by atoms with Crippen LogP contribution in [0.4, 0.5) is 0 Å². The predicted octanol–water partition coefficient (Wildman–Crippen LogP) is 5.43. The molecule has 0 fully saturated rings. The van der Waals surface area contributed by atoms with E-state index < -0.39 is 0 Å². The summed E-state index contributed by atoms with van der Waals surface area (Å²) >= 11 is 0. The normalized spacial score (nSPS) is 12.1. The first kappa shape index (κ1) is 13.4. The maximum atomic E-state index is 6.04. The van der Waals surface area contributed by atoms with Gasteiger partial charge in [0.1, 0.15) is 11.2 Å². The van der Waals surface area contributed by atoms with E-state index in [1.165, 1.54) is 0 Å². The van der Waals surface area contributed by atoms with Gasteiger partial charge in [-0.15, -0.1) is 0 Å². The van der Waals surface area contributed by atoms with Gasteiger partial charge in [0.2, 0.25) is 0 Å². The minimum absolute atomic E-state index is 0.858. The fourth-order valence-electron chi connectivity index (χ4n) is 2.55. The van der Waals surface area contributed by atoms with E-state index in [0.29, 0.717) is 0 Å². The maximum absolute atomic E-state index is 6.04. The van der Waals surface area contributed by atoms with Crippen molar-refractivity contribution in [3.05, 3.63) is 72.6 Å². The van der Waals surface area contributed by atoms with Gasteiger partial charge in [0.15, 0.2) is 0 Å². The van der Waals surface area contributed by atoms with Crippen molar-refractivity contribution in [2.45, 2.75) is 13.8 Å². The molecule has 0 aliphatic carbocycles. The second-order valence-corrected chi connectivity index (χ2v) is 5.02. The molecule has 0 saturated heterocycles. The quantitative estimate of drug-likeness (QED) is 0.595. The third kappa shape index (κ3) is 2.29. The van der Waals surface area contributed by atoms with Crippen LogP contribution in [0, 0.1) is 6.92 Å². The number of fused-ring (bicyclic) bond motifs is 3. The average Bonchev–Trinajstić information content (AvgIpc) is 2.85. The molecular formula is C19H17NO. The molecule has 2 heteroatoms.